The highest BCUT2D eigenvalue weighted by atomic mass is 127. The van der Waals surface area contributed by atoms with E-state index in [1.165, 1.54) is 17.8 Å². The van der Waals surface area contributed by atoms with Gasteiger partial charge in [0, 0.05) is 4.43 Å². The van der Waals surface area contributed by atoms with Gasteiger partial charge in [-0.1, -0.05) is 40.4 Å². The molecule has 1 rings (SSSR count). The Hall–Kier alpha value is -1.10. The number of alkyl halides is 1. The van der Waals surface area contributed by atoms with E-state index >= 15 is 0 Å². The van der Waals surface area contributed by atoms with E-state index in [1.54, 1.807) is 13.2 Å². The molecule has 1 fully saturated rings. The number of nitrogens with zero attached hydrogens (tertiary/aromatic N) is 1. The molecule has 0 radical (unpaired) electrons. The normalized spacial score (nSPS) is 22.9. The minimum atomic E-state index is -0.634. The Balaban J connectivity index is 2.72. The summed E-state index contributed by atoms with van der Waals surface area (Å²) in [4.78, 5) is 27.3. The number of nitrogens with one attached hydrogen (secondary N) is 3. The molecule has 110 valence electrons. The third-order valence-corrected chi connectivity index (χ3v) is 4.12. The summed E-state index contributed by atoms with van der Waals surface area (Å²) < 4.78 is 0.690. The molecule has 1 saturated heterocycles. The maximum absolute atomic E-state index is 11.9. The Bertz CT molecular complexity index is 491. The van der Waals surface area contributed by atoms with Crippen LogP contribution >= 0.6 is 34.4 Å². The minimum absolute atomic E-state index is 0.0892. The molecule has 2 amide bonds. The van der Waals surface area contributed by atoms with Crippen LogP contribution in [0.25, 0.3) is 0 Å². The zero-order chi connectivity index (χ0) is 15.3. The summed E-state index contributed by atoms with van der Waals surface area (Å²) in [5, 5.41) is 13.3. The van der Waals surface area contributed by atoms with Gasteiger partial charge in [-0.25, -0.2) is 4.99 Å². The van der Waals surface area contributed by atoms with Crippen LogP contribution in [-0.4, -0.2) is 45.5 Å². The molecule has 2 unspecified atom stereocenters. The van der Waals surface area contributed by atoms with Crippen molar-refractivity contribution in [3.63, 3.8) is 0 Å². The van der Waals surface area contributed by atoms with Gasteiger partial charge in [-0.3, -0.25) is 15.0 Å². The lowest BCUT2D eigenvalue weighted by Crippen LogP contribution is -2.70. The van der Waals surface area contributed by atoms with Gasteiger partial charge in [0.1, 0.15) is 11.8 Å². The van der Waals surface area contributed by atoms with E-state index in [-0.39, 0.29) is 28.5 Å². The number of β-lactam (4-membered cyclic amide) rings is 1. The third-order valence-electron chi connectivity index (χ3n) is 2.66. The number of thioether (sulfide) groups is 1. The number of nitrogens with two attached hydrogens (primary N) is 1. The monoisotopic (exact) mass is 409 g/mol. The standard InChI is InChI=1S/C11H16IN5O2S/c1-3-5(16-11(14)20-2)7(13)9(18)17-8-6(4-12)15-10(8)19/h3,6,8,13H,4H2,1-2H3,(H2,14,16)(H,15,19)(H,17,18)/b5-3-,13-7?. The minimum Gasteiger partial charge on any atom is -0.378 e. The SMILES string of the molecule is C/C=C(\N=C(\N)SC)C(=N)C(=O)NC1C(=O)NC1CI. The van der Waals surface area contributed by atoms with Gasteiger partial charge in [-0.05, 0) is 13.2 Å². The molecular weight excluding hydrogens is 393 g/mol. The number of carbonyl (C=O) groups is 2. The van der Waals surface area contributed by atoms with Gasteiger partial charge in [-0.2, -0.15) is 0 Å². The molecule has 0 aromatic carbocycles. The van der Waals surface area contributed by atoms with Crippen LogP contribution in [0.4, 0.5) is 0 Å². The number of hydrogen-bond donors (Lipinski definition) is 4. The molecule has 7 nitrogen and oxygen atoms in total. The van der Waals surface area contributed by atoms with Crippen LogP contribution in [0.1, 0.15) is 6.92 Å². The molecule has 0 aromatic heterocycles. The van der Waals surface area contributed by atoms with E-state index in [0.717, 1.165) is 0 Å². The fourth-order valence-electron chi connectivity index (χ4n) is 1.50. The number of aliphatic imine (C=N–C) groups is 1. The molecular formula is C11H16IN5O2S. The van der Waals surface area contributed by atoms with Crippen molar-refractivity contribution in [3.05, 3.63) is 11.8 Å². The van der Waals surface area contributed by atoms with Crippen LogP contribution in [0.5, 0.6) is 0 Å². The topological polar surface area (TPSA) is 120 Å². The van der Waals surface area contributed by atoms with Crippen molar-refractivity contribution in [2.45, 2.75) is 19.0 Å². The number of allylic oxidation sites excluding steroid dienone is 1. The average Bonchev–Trinajstić information content (AvgIpc) is 2.46. The Kier molecular flexibility index (Phi) is 6.46. The van der Waals surface area contributed by atoms with Gasteiger partial charge < -0.3 is 16.4 Å². The van der Waals surface area contributed by atoms with E-state index < -0.39 is 11.9 Å². The van der Waals surface area contributed by atoms with Crippen molar-refractivity contribution >= 4 is 57.0 Å². The van der Waals surface area contributed by atoms with Crippen molar-refractivity contribution < 1.29 is 9.59 Å². The molecule has 0 aromatic rings. The van der Waals surface area contributed by atoms with E-state index in [2.05, 4.69) is 38.2 Å². The van der Waals surface area contributed by atoms with Crippen molar-refractivity contribution in [3.8, 4) is 0 Å². The number of carbonyl (C=O) groups excluding carboxylic acids is 2. The zero-order valence-electron chi connectivity index (χ0n) is 11.1. The highest BCUT2D eigenvalue weighted by Crippen LogP contribution is 2.10. The van der Waals surface area contributed by atoms with Crippen LogP contribution in [0.15, 0.2) is 16.8 Å². The summed E-state index contributed by atoms with van der Waals surface area (Å²) in [7, 11) is 0. The Morgan fingerprint density at radius 1 is 1.70 bits per heavy atom. The van der Waals surface area contributed by atoms with Gasteiger partial charge in [0.25, 0.3) is 5.91 Å². The molecule has 1 heterocycles. The number of hydrogen-bond acceptors (Lipinski definition) is 5. The van der Waals surface area contributed by atoms with Crippen LogP contribution in [0.2, 0.25) is 0 Å². The van der Waals surface area contributed by atoms with Crippen molar-refractivity contribution in [2.24, 2.45) is 10.7 Å². The second-order valence-corrected chi connectivity index (χ2v) is 5.63. The van der Waals surface area contributed by atoms with Gasteiger partial charge in [0.2, 0.25) is 5.91 Å². The lowest BCUT2D eigenvalue weighted by atomic mass is 10.0. The number of rotatable bonds is 5. The van der Waals surface area contributed by atoms with Gasteiger partial charge in [0.05, 0.1) is 11.7 Å². The number of amides is 2. The predicted octanol–water partition coefficient (Wildman–Crippen LogP) is 0.00587. The summed E-state index contributed by atoms with van der Waals surface area (Å²) in [5.74, 6) is -0.868. The van der Waals surface area contributed by atoms with Crippen LogP contribution < -0.4 is 16.4 Å². The van der Waals surface area contributed by atoms with Crippen LogP contribution in [0, 0.1) is 5.41 Å². The van der Waals surface area contributed by atoms with Gasteiger partial charge >= 0.3 is 0 Å². The maximum Gasteiger partial charge on any atom is 0.272 e. The smallest absolute Gasteiger partial charge is 0.272 e. The predicted molar refractivity (Wildman–Crippen MR) is 89.4 cm³/mol. The van der Waals surface area contributed by atoms with Gasteiger partial charge in [-0.15, -0.1) is 0 Å². The summed E-state index contributed by atoms with van der Waals surface area (Å²) >= 11 is 3.35. The second-order valence-electron chi connectivity index (χ2n) is 3.92. The van der Waals surface area contributed by atoms with Crippen molar-refractivity contribution in [1.29, 1.82) is 5.41 Å². The summed E-state index contributed by atoms with van der Waals surface area (Å²) in [5.41, 5.74) is 5.44. The van der Waals surface area contributed by atoms with Crippen LogP contribution in [-0.2, 0) is 9.59 Å². The number of halogens is 1. The number of amidine groups is 1. The van der Waals surface area contributed by atoms with Gasteiger partial charge in [0.15, 0.2) is 5.17 Å². The first-order valence-electron chi connectivity index (χ1n) is 5.75. The summed E-state index contributed by atoms with van der Waals surface area (Å²) in [6.07, 6.45) is 3.28. The molecule has 20 heavy (non-hydrogen) atoms. The third kappa shape index (κ3) is 3.95. The van der Waals surface area contributed by atoms with E-state index in [1.807, 2.05) is 0 Å². The highest BCUT2D eigenvalue weighted by Gasteiger charge is 2.40. The Morgan fingerprint density at radius 2 is 2.35 bits per heavy atom. The summed E-state index contributed by atoms with van der Waals surface area (Å²) in [6.45, 7) is 1.66. The van der Waals surface area contributed by atoms with E-state index in [4.69, 9.17) is 11.1 Å². The molecule has 1 aliphatic rings. The van der Waals surface area contributed by atoms with Crippen LogP contribution in [0.3, 0.4) is 0 Å². The molecule has 0 bridgehead atoms. The molecule has 9 heteroatoms. The average molecular weight is 409 g/mol. The lowest BCUT2D eigenvalue weighted by Gasteiger charge is -2.35. The molecule has 5 N–H and O–H groups in total. The molecule has 0 spiro atoms. The van der Waals surface area contributed by atoms with E-state index in [9.17, 15) is 9.59 Å². The second kappa shape index (κ2) is 7.62. The molecule has 1 aliphatic heterocycles. The van der Waals surface area contributed by atoms with E-state index in [0.29, 0.717) is 4.43 Å². The molecule has 0 aliphatic carbocycles. The first-order chi connectivity index (χ1) is 9.44. The maximum atomic E-state index is 11.9. The molecule has 0 saturated carbocycles. The highest BCUT2D eigenvalue weighted by molar-refractivity contribution is 14.1. The van der Waals surface area contributed by atoms with Crippen molar-refractivity contribution in [2.75, 3.05) is 10.7 Å². The molecule has 2 atom stereocenters. The zero-order valence-corrected chi connectivity index (χ0v) is 14.0. The fraction of sp³-hybridized carbons (Fsp3) is 0.455. The lowest BCUT2D eigenvalue weighted by molar-refractivity contribution is -0.134. The Morgan fingerprint density at radius 3 is 2.80 bits per heavy atom. The quantitative estimate of drug-likeness (QED) is 0.168. The fourth-order valence-corrected chi connectivity index (χ4v) is 2.41. The Labute approximate surface area is 134 Å². The summed E-state index contributed by atoms with van der Waals surface area (Å²) in [6, 6.07) is -0.673. The van der Waals surface area contributed by atoms with Crippen molar-refractivity contribution in [1.82, 2.24) is 10.6 Å². The largest absolute Gasteiger partial charge is 0.378 e. The first-order valence-corrected chi connectivity index (χ1v) is 8.50. The first kappa shape index (κ1) is 17.0.